The molecule has 2 fully saturated rings. The molecule has 3 aliphatic heterocycles. The molecule has 0 saturated carbocycles. The van der Waals surface area contributed by atoms with Gasteiger partial charge < -0.3 is 80.9 Å². The van der Waals surface area contributed by atoms with E-state index in [1.807, 2.05) is 19.1 Å². The van der Waals surface area contributed by atoms with Gasteiger partial charge in [0.1, 0.15) is 18.1 Å². The number of aliphatic carboxylic acids is 1. The molecular formula is C47H73NO17. The summed E-state index contributed by atoms with van der Waals surface area (Å²) in [5.41, 5.74) is 6.02. The van der Waals surface area contributed by atoms with Gasteiger partial charge in [0.05, 0.1) is 79.6 Å². The Morgan fingerprint density at radius 2 is 1.23 bits per heavy atom. The molecule has 0 aliphatic carbocycles. The first-order chi connectivity index (χ1) is 30.6. The summed E-state index contributed by atoms with van der Waals surface area (Å²) in [6.07, 6.45) is 3.46. The van der Waals surface area contributed by atoms with Crippen LogP contribution in [0.5, 0.6) is 0 Å². The van der Waals surface area contributed by atoms with Crippen LogP contribution in [-0.4, -0.2) is 166 Å². The number of carboxylic acid groups (broad SMARTS) is 1. The molecular weight excluding hydrogens is 851 g/mol. The number of rotatable bonds is 3. The number of carbonyl (C=O) groups excluding carboxylic acids is 1. The van der Waals surface area contributed by atoms with Crippen molar-refractivity contribution in [3.05, 3.63) is 85.1 Å². The van der Waals surface area contributed by atoms with E-state index in [1.54, 1.807) is 80.7 Å². The predicted octanol–water partition coefficient (Wildman–Crippen LogP) is 0.712. The van der Waals surface area contributed by atoms with Gasteiger partial charge in [0.2, 0.25) is 0 Å². The summed E-state index contributed by atoms with van der Waals surface area (Å²) in [6.45, 7) is 6.74. The largest absolute Gasteiger partial charge is 0.481 e. The number of aliphatic hydroxyl groups excluding tert-OH is 9. The highest BCUT2D eigenvalue weighted by Gasteiger charge is 2.51. The van der Waals surface area contributed by atoms with Gasteiger partial charge in [-0.3, -0.25) is 9.59 Å². The molecule has 0 aromatic heterocycles. The highest BCUT2D eigenvalue weighted by atomic mass is 16.7. The number of esters is 1. The quantitative estimate of drug-likeness (QED) is 0.174. The number of nitrogens with two attached hydrogens (primary N) is 1. The predicted molar refractivity (Wildman–Crippen MR) is 237 cm³/mol. The minimum absolute atomic E-state index is 0.107. The van der Waals surface area contributed by atoms with E-state index >= 15 is 0 Å². The van der Waals surface area contributed by atoms with E-state index in [0.29, 0.717) is 0 Å². The minimum atomic E-state index is -2.33. The lowest BCUT2D eigenvalue weighted by Crippen LogP contribution is -2.61. The molecule has 0 aromatic carbocycles. The monoisotopic (exact) mass is 923 g/mol. The van der Waals surface area contributed by atoms with Crippen molar-refractivity contribution >= 4 is 11.9 Å². The molecule has 3 aliphatic rings. The summed E-state index contributed by atoms with van der Waals surface area (Å²) in [4.78, 5) is 25.1. The van der Waals surface area contributed by atoms with E-state index in [2.05, 4.69) is 0 Å². The molecule has 2 bridgehead atoms. The number of carbonyl (C=O) groups is 2. The molecule has 18 nitrogen and oxygen atoms in total. The Bertz CT molecular complexity index is 1670. The van der Waals surface area contributed by atoms with Gasteiger partial charge in [-0.2, -0.15) is 0 Å². The van der Waals surface area contributed by atoms with Crippen molar-refractivity contribution in [1.82, 2.24) is 0 Å². The van der Waals surface area contributed by atoms with Gasteiger partial charge in [-0.05, 0) is 33.1 Å². The van der Waals surface area contributed by atoms with Crippen LogP contribution in [0.2, 0.25) is 0 Å². The number of ether oxygens (including phenoxy) is 4. The standard InChI is InChI=1S/C47H73NO17/c1-27-17-15-13-11-9-7-5-6-8-10-12-14-16-18-34(64-46-44(58)41(48)43(57)30(4)63-46)24-38-40(45(59)60)37(54)26-47(61,65-38)25-33(51)22-36(53)35(52)20-19-31(49)21-32(50)23-39(55)62-29(3)28(2)42(27)56/h5-18,27-38,40-44,46,49-54,56-58,61H,19-26,48H2,1-4H3,(H,59,60)/b6-5+,9-7-,10-8+,13-11-,14-12+,17-15-,18-16+/t27-,28+,29-,30-,31+,32+,33-,34+,35-,36+,37-,38-,40+,41+,42-,43+,44+,46+,47+/m1/s1. The number of hydrogen-bond donors (Lipinski definition) is 12. The maximum Gasteiger partial charge on any atom is 0.311 e. The van der Waals surface area contributed by atoms with Crippen molar-refractivity contribution in [2.75, 3.05) is 0 Å². The zero-order chi connectivity index (χ0) is 48.4. The highest BCUT2D eigenvalue weighted by Crippen LogP contribution is 2.38. The molecule has 19 atom stereocenters. The van der Waals surface area contributed by atoms with Crippen LogP contribution in [0.3, 0.4) is 0 Å². The summed E-state index contributed by atoms with van der Waals surface area (Å²) in [5, 5.41) is 118. The lowest BCUT2D eigenvalue weighted by atomic mass is 9.82. The fourth-order valence-corrected chi connectivity index (χ4v) is 7.97. The van der Waals surface area contributed by atoms with Crippen LogP contribution in [0, 0.1) is 17.8 Å². The molecule has 0 radical (unpaired) electrons. The van der Waals surface area contributed by atoms with Crippen LogP contribution in [-0.2, 0) is 28.5 Å². The maximum absolute atomic E-state index is 12.6. The molecule has 0 aromatic rings. The fraction of sp³-hybridized carbons (Fsp3) is 0.660. The van der Waals surface area contributed by atoms with Gasteiger partial charge in [0.25, 0.3) is 0 Å². The van der Waals surface area contributed by atoms with E-state index in [1.165, 1.54) is 13.0 Å². The van der Waals surface area contributed by atoms with Gasteiger partial charge >= 0.3 is 11.9 Å². The first-order valence-corrected chi connectivity index (χ1v) is 22.3. The van der Waals surface area contributed by atoms with Gasteiger partial charge in [-0.1, -0.05) is 98.9 Å². The molecule has 2 saturated heterocycles. The van der Waals surface area contributed by atoms with Crippen molar-refractivity contribution in [3.63, 3.8) is 0 Å². The Morgan fingerprint density at radius 1 is 0.662 bits per heavy atom. The van der Waals surface area contributed by atoms with E-state index in [4.69, 9.17) is 24.7 Å². The number of aliphatic hydroxyl groups is 10. The van der Waals surface area contributed by atoms with Crippen LogP contribution < -0.4 is 5.73 Å². The smallest absolute Gasteiger partial charge is 0.311 e. The highest BCUT2D eigenvalue weighted by molar-refractivity contribution is 5.71. The second-order valence-corrected chi connectivity index (χ2v) is 17.6. The van der Waals surface area contributed by atoms with E-state index < -0.39 is 147 Å². The van der Waals surface area contributed by atoms with Gasteiger partial charge in [0, 0.05) is 37.5 Å². The molecule has 3 rings (SSSR count). The van der Waals surface area contributed by atoms with Crippen molar-refractivity contribution in [2.24, 2.45) is 23.5 Å². The number of fused-ring (bicyclic) bond motifs is 2. The summed E-state index contributed by atoms with van der Waals surface area (Å²) >= 11 is 0. The summed E-state index contributed by atoms with van der Waals surface area (Å²) in [5.74, 6) is -6.83. The molecule has 0 spiro atoms. The van der Waals surface area contributed by atoms with Gasteiger partial charge in [-0.25, -0.2) is 0 Å². The zero-order valence-corrected chi connectivity index (χ0v) is 37.6. The van der Waals surface area contributed by atoms with Crippen LogP contribution in [0.4, 0.5) is 0 Å². The van der Waals surface area contributed by atoms with Gasteiger partial charge in [0.15, 0.2) is 12.1 Å². The van der Waals surface area contributed by atoms with Crippen molar-refractivity contribution in [3.8, 4) is 0 Å². The Balaban J connectivity index is 1.86. The molecule has 3 heterocycles. The lowest BCUT2D eigenvalue weighted by Gasteiger charge is -2.45. The zero-order valence-electron chi connectivity index (χ0n) is 37.6. The summed E-state index contributed by atoms with van der Waals surface area (Å²) in [6, 6.07) is -1.15. The summed E-state index contributed by atoms with van der Waals surface area (Å²) < 4.78 is 23.1. The Morgan fingerprint density at radius 3 is 1.82 bits per heavy atom. The fourth-order valence-electron chi connectivity index (χ4n) is 7.97. The first kappa shape index (κ1) is 55.9. The number of allylic oxidation sites excluding steroid dienone is 12. The minimum Gasteiger partial charge on any atom is -0.481 e. The van der Waals surface area contributed by atoms with Crippen molar-refractivity contribution in [1.29, 1.82) is 0 Å². The number of hydrogen-bond acceptors (Lipinski definition) is 17. The Labute approximate surface area is 381 Å². The SMILES string of the molecule is C[C@@H]1[C@H](O)[C@H](C)\C=C/C=C\C=C/C=C/C=C/C=C/C=C/[C@H](O[C@@H]2O[C@H](C)[C@H](O)[C@H](N)[C@@H]2O)C[C@H]2O[C@@](O)(C[C@H](O)C[C@H](O)[C@H](O)CC[C@H](O)C[C@H](O)CC(=O)O[C@@H]1C)C[C@@H](O)[C@@H]2C(=O)O. The van der Waals surface area contributed by atoms with E-state index in [9.17, 15) is 65.8 Å². The molecule has 13 N–H and O–H groups in total. The second kappa shape index (κ2) is 27.4. The van der Waals surface area contributed by atoms with E-state index in [0.717, 1.165) is 0 Å². The van der Waals surface area contributed by atoms with Crippen LogP contribution in [0.1, 0.15) is 79.1 Å². The van der Waals surface area contributed by atoms with Crippen LogP contribution >= 0.6 is 0 Å². The molecule has 368 valence electrons. The molecule has 18 heteroatoms. The normalized spacial score (nSPS) is 45.5. The van der Waals surface area contributed by atoms with E-state index in [-0.39, 0.29) is 31.6 Å². The lowest BCUT2D eigenvalue weighted by molar-refractivity contribution is -0.308. The second-order valence-electron chi connectivity index (χ2n) is 17.6. The average Bonchev–Trinajstić information content (AvgIpc) is 3.21. The molecule has 0 amide bonds. The first-order valence-electron chi connectivity index (χ1n) is 22.3. The summed E-state index contributed by atoms with van der Waals surface area (Å²) in [7, 11) is 0. The Kier molecular flexibility index (Phi) is 23.6. The molecule has 0 unspecified atom stereocenters. The number of cyclic esters (lactones) is 1. The van der Waals surface area contributed by atoms with Crippen LogP contribution in [0.15, 0.2) is 85.1 Å². The maximum atomic E-state index is 12.6. The third kappa shape index (κ3) is 18.6. The number of carboxylic acids is 1. The van der Waals surface area contributed by atoms with Crippen molar-refractivity contribution < 1.29 is 84.7 Å². The van der Waals surface area contributed by atoms with Gasteiger partial charge in [-0.15, -0.1) is 0 Å². The third-order valence-corrected chi connectivity index (χ3v) is 12.0. The van der Waals surface area contributed by atoms with Crippen LogP contribution in [0.25, 0.3) is 0 Å². The third-order valence-electron chi connectivity index (χ3n) is 12.0. The average molecular weight is 924 g/mol. The van der Waals surface area contributed by atoms with Crippen molar-refractivity contribution in [2.45, 2.75) is 177 Å². The topological polar surface area (TPSA) is 320 Å². The Hall–Kier alpha value is -3.44. The molecule has 65 heavy (non-hydrogen) atoms.